The van der Waals surface area contributed by atoms with Crippen molar-refractivity contribution in [2.75, 3.05) is 14.1 Å². The van der Waals surface area contributed by atoms with Crippen molar-refractivity contribution in [2.24, 2.45) is 0 Å². The maximum Gasteiger partial charge on any atom is 0.269 e. The van der Waals surface area contributed by atoms with Gasteiger partial charge >= 0.3 is 0 Å². The SMILES string of the molecule is Cc1cc(-c2ccccc2)cc(C(=O)NNSc2cccc(C(=O)N(C)C)c2)c1F. The number of carbonyl (C=O) groups excluding carboxylic acids is 2. The van der Waals surface area contributed by atoms with Crippen LogP contribution in [-0.2, 0) is 0 Å². The fraction of sp³-hybridized carbons (Fsp3) is 0.130. The molecule has 0 radical (unpaired) electrons. The van der Waals surface area contributed by atoms with Crippen LogP contribution < -0.4 is 10.3 Å². The van der Waals surface area contributed by atoms with Crippen LogP contribution in [0.1, 0.15) is 26.3 Å². The highest BCUT2D eigenvalue weighted by Gasteiger charge is 2.16. The van der Waals surface area contributed by atoms with Gasteiger partial charge in [0.1, 0.15) is 5.82 Å². The molecule has 0 unspecified atom stereocenters. The largest absolute Gasteiger partial charge is 0.345 e. The average molecular weight is 424 g/mol. The van der Waals surface area contributed by atoms with E-state index >= 15 is 0 Å². The van der Waals surface area contributed by atoms with Crippen molar-refractivity contribution in [3.63, 3.8) is 0 Å². The maximum absolute atomic E-state index is 14.6. The van der Waals surface area contributed by atoms with E-state index in [1.807, 2.05) is 30.3 Å². The summed E-state index contributed by atoms with van der Waals surface area (Å²) in [6.45, 7) is 1.63. The van der Waals surface area contributed by atoms with Crippen LogP contribution in [0.5, 0.6) is 0 Å². The van der Waals surface area contributed by atoms with Gasteiger partial charge in [0.15, 0.2) is 0 Å². The van der Waals surface area contributed by atoms with E-state index in [0.717, 1.165) is 28.0 Å². The summed E-state index contributed by atoms with van der Waals surface area (Å²) >= 11 is 1.12. The smallest absolute Gasteiger partial charge is 0.269 e. The molecule has 2 amide bonds. The molecule has 0 saturated carbocycles. The van der Waals surface area contributed by atoms with Crippen molar-refractivity contribution in [1.29, 1.82) is 0 Å². The number of nitrogens with one attached hydrogen (secondary N) is 2. The molecule has 3 aromatic rings. The van der Waals surface area contributed by atoms with E-state index in [4.69, 9.17) is 0 Å². The van der Waals surface area contributed by atoms with Crippen LogP contribution in [0.15, 0.2) is 71.6 Å². The third-order valence-corrected chi connectivity index (χ3v) is 5.12. The van der Waals surface area contributed by atoms with E-state index in [-0.39, 0.29) is 11.5 Å². The lowest BCUT2D eigenvalue weighted by Crippen LogP contribution is -2.33. The number of hydrogen-bond donors (Lipinski definition) is 2. The van der Waals surface area contributed by atoms with Gasteiger partial charge in [0.25, 0.3) is 11.8 Å². The Morgan fingerprint density at radius 3 is 2.37 bits per heavy atom. The van der Waals surface area contributed by atoms with Gasteiger partial charge in [0, 0.05) is 24.6 Å². The van der Waals surface area contributed by atoms with Gasteiger partial charge in [0.2, 0.25) is 0 Å². The molecule has 3 rings (SSSR count). The van der Waals surface area contributed by atoms with Crippen LogP contribution in [0.3, 0.4) is 0 Å². The maximum atomic E-state index is 14.6. The fourth-order valence-electron chi connectivity index (χ4n) is 2.88. The normalized spacial score (nSPS) is 10.5. The molecular formula is C23H22FN3O2S. The minimum Gasteiger partial charge on any atom is -0.345 e. The molecule has 154 valence electrons. The molecule has 0 aromatic heterocycles. The number of hydrazine groups is 1. The predicted molar refractivity (Wildman–Crippen MR) is 117 cm³/mol. The Hall–Kier alpha value is -3.16. The van der Waals surface area contributed by atoms with E-state index in [1.165, 1.54) is 11.0 Å². The summed E-state index contributed by atoms with van der Waals surface area (Å²) in [6.07, 6.45) is 0. The summed E-state index contributed by atoms with van der Waals surface area (Å²) in [7, 11) is 3.36. The molecule has 0 aliphatic rings. The fourth-order valence-corrected chi connectivity index (χ4v) is 3.48. The van der Waals surface area contributed by atoms with Crippen LogP contribution in [0.2, 0.25) is 0 Å². The predicted octanol–water partition coefficient (Wildman–Crippen LogP) is 4.44. The molecule has 0 aliphatic carbocycles. The Bertz CT molecular complexity index is 1070. The summed E-state index contributed by atoms with van der Waals surface area (Å²) in [5.74, 6) is -1.25. The lowest BCUT2D eigenvalue weighted by molar-refractivity contribution is 0.0827. The van der Waals surface area contributed by atoms with E-state index in [0.29, 0.717) is 11.1 Å². The number of rotatable bonds is 6. The van der Waals surface area contributed by atoms with Crippen LogP contribution in [0.25, 0.3) is 11.1 Å². The van der Waals surface area contributed by atoms with E-state index < -0.39 is 11.7 Å². The number of aryl methyl sites for hydroxylation is 1. The molecule has 7 heteroatoms. The number of hydrogen-bond acceptors (Lipinski definition) is 4. The highest BCUT2D eigenvalue weighted by atomic mass is 32.2. The van der Waals surface area contributed by atoms with Crippen molar-refractivity contribution in [3.8, 4) is 11.1 Å². The van der Waals surface area contributed by atoms with Crippen molar-refractivity contribution < 1.29 is 14.0 Å². The Balaban J connectivity index is 1.71. The summed E-state index contributed by atoms with van der Waals surface area (Å²) in [5.41, 5.74) is 5.06. The van der Waals surface area contributed by atoms with Crippen LogP contribution >= 0.6 is 11.9 Å². The first-order valence-electron chi connectivity index (χ1n) is 9.26. The molecule has 5 nitrogen and oxygen atoms in total. The van der Waals surface area contributed by atoms with Gasteiger partial charge in [-0.05, 0) is 65.9 Å². The lowest BCUT2D eigenvalue weighted by Gasteiger charge is -2.12. The molecule has 30 heavy (non-hydrogen) atoms. The first-order chi connectivity index (χ1) is 14.4. The van der Waals surface area contributed by atoms with Crippen molar-refractivity contribution in [3.05, 3.63) is 89.2 Å². The van der Waals surface area contributed by atoms with E-state index in [2.05, 4.69) is 10.3 Å². The topological polar surface area (TPSA) is 61.4 Å². The molecule has 0 spiro atoms. The third-order valence-electron chi connectivity index (χ3n) is 4.43. The number of halogens is 1. The Morgan fingerprint density at radius 2 is 1.67 bits per heavy atom. The average Bonchev–Trinajstić information content (AvgIpc) is 2.75. The molecule has 0 atom stereocenters. The first kappa shape index (κ1) is 21.5. The number of carbonyl (C=O) groups is 2. The highest BCUT2D eigenvalue weighted by molar-refractivity contribution is 7.97. The molecule has 0 aliphatic heterocycles. The van der Waals surface area contributed by atoms with Crippen LogP contribution in [0, 0.1) is 12.7 Å². The highest BCUT2D eigenvalue weighted by Crippen LogP contribution is 2.25. The van der Waals surface area contributed by atoms with Crippen molar-refractivity contribution >= 4 is 23.8 Å². The zero-order valence-electron chi connectivity index (χ0n) is 16.9. The van der Waals surface area contributed by atoms with Gasteiger partial charge in [-0.2, -0.15) is 4.83 Å². The second kappa shape index (κ2) is 9.56. The van der Waals surface area contributed by atoms with Gasteiger partial charge in [-0.3, -0.25) is 15.0 Å². The van der Waals surface area contributed by atoms with Crippen LogP contribution in [0.4, 0.5) is 4.39 Å². The zero-order valence-corrected chi connectivity index (χ0v) is 17.7. The summed E-state index contributed by atoms with van der Waals surface area (Å²) in [4.78, 5) is 29.6. The summed E-state index contributed by atoms with van der Waals surface area (Å²) < 4.78 is 14.6. The minimum absolute atomic E-state index is 0.0431. The first-order valence-corrected chi connectivity index (χ1v) is 10.1. The quantitative estimate of drug-likeness (QED) is 0.454. The van der Waals surface area contributed by atoms with Crippen molar-refractivity contribution in [1.82, 2.24) is 15.2 Å². The van der Waals surface area contributed by atoms with Gasteiger partial charge in [-0.15, -0.1) is 0 Å². The zero-order chi connectivity index (χ0) is 21.7. The summed E-state index contributed by atoms with van der Waals surface area (Å²) in [6, 6.07) is 19.7. The van der Waals surface area contributed by atoms with Gasteiger partial charge in [-0.25, -0.2) is 4.39 Å². The minimum atomic E-state index is -0.582. The Labute approximate surface area is 179 Å². The molecule has 0 bridgehead atoms. The van der Waals surface area contributed by atoms with E-state index in [1.54, 1.807) is 51.4 Å². The van der Waals surface area contributed by atoms with Crippen molar-refractivity contribution in [2.45, 2.75) is 11.8 Å². The second-order valence-corrected chi connectivity index (χ2v) is 7.79. The molecule has 0 saturated heterocycles. The van der Waals surface area contributed by atoms with Gasteiger partial charge < -0.3 is 4.90 Å². The Kier molecular flexibility index (Phi) is 6.87. The van der Waals surface area contributed by atoms with E-state index in [9.17, 15) is 14.0 Å². The number of nitrogens with zero attached hydrogens (tertiary/aromatic N) is 1. The monoisotopic (exact) mass is 423 g/mol. The molecule has 0 fully saturated rings. The standard InChI is InChI=1S/C23H22FN3O2S/c1-15-12-18(16-8-5-4-6-9-16)14-20(21(15)24)22(28)25-26-30-19-11-7-10-17(13-19)23(29)27(2)3/h4-14,26H,1-3H3,(H,25,28). The molecular weight excluding hydrogens is 401 g/mol. The Morgan fingerprint density at radius 1 is 0.933 bits per heavy atom. The van der Waals surface area contributed by atoms with Gasteiger partial charge in [0.05, 0.1) is 5.56 Å². The third kappa shape index (κ3) is 5.06. The number of amides is 2. The van der Waals surface area contributed by atoms with Crippen LogP contribution in [-0.4, -0.2) is 30.8 Å². The second-order valence-electron chi connectivity index (χ2n) is 6.91. The molecule has 2 N–H and O–H groups in total. The lowest BCUT2D eigenvalue weighted by atomic mass is 9.99. The molecule has 0 heterocycles. The van der Waals surface area contributed by atoms with Gasteiger partial charge in [-0.1, -0.05) is 36.4 Å². The summed E-state index contributed by atoms with van der Waals surface area (Å²) in [5, 5.41) is 0. The molecule has 3 aromatic carbocycles. The number of benzene rings is 3.